The summed E-state index contributed by atoms with van der Waals surface area (Å²) in [6.07, 6.45) is 5.00. The summed E-state index contributed by atoms with van der Waals surface area (Å²) in [5.41, 5.74) is 1.12. The average Bonchev–Trinajstić information content (AvgIpc) is 2.18. The van der Waals surface area contributed by atoms with E-state index in [1.165, 1.54) is 0 Å². The van der Waals surface area contributed by atoms with Gasteiger partial charge in [0.05, 0.1) is 4.90 Å². The Bertz CT molecular complexity index is 461. The molecule has 1 aromatic carbocycles. The van der Waals surface area contributed by atoms with E-state index in [4.69, 9.17) is 6.42 Å². The molecule has 1 rings (SSSR count). The Hall–Kier alpha value is -1.27. The molecular formula is C12H14O2S. The van der Waals surface area contributed by atoms with Gasteiger partial charge >= 0.3 is 0 Å². The zero-order valence-electron chi connectivity index (χ0n) is 8.90. The fourth-order valence-electron chi connectivity index (χ4n) is 1.25. The molecule has 15 heavy (non-hydrogen) atoms. The Labute approximate surface area is 91.2 Å². The number of rotatable bonds is 3. The molecule has 0 fully saturated rings. The highest BCUT2D eigenvalue weighted by Crippen LogP contribution is 2.17. The van der Waals surface area contributed by atoms with Crippen LogP contribution in [-0.4, -0.2) is 14.2 Å². The summed E-state index contributed by atoms with van der Waals surface area (Å²) in [7, 11) is -3.29. The molecule has 80 valence electrons. The molecule has 0 saturated carbocycles. The van der Waals surface area contributed by atoms with Crippen molar-refractivity contribution in [3.05, 3.63) is 29.8 Å². The van der Waals surface area contributed by atoms with Crippen LogP contribution in [-0.2, 0) is 9.84 Å². The molecule has 0 unspecified atom stereocenters. The molecule has 0 amide bonds. The van der Waals surface area contributed by atoms with E-state index in [1.54, 1.807) is 12.1 Å². The normalized spacial score (nSPS) is 11.3. The van der Waals surface area contributed by atoms with Crippen LogP contribution >= 0.6 is 0 Å². The van der Waals surface area contributed by atoms with Crippen LogP contribution in [0.3, 0.4) is 0 Å². The van der Waals surface area contributed by atoms with Crippen molar-refractivity contribution < 1.29 is 8.42 Å². The zero-order valence-corrected chi connectivity index (χ0v) is 9.71. The lowest BCUT2D eigenvalue weighted by Gasteiger charge is -2.06. The van der Waals surface area contributed by atoms with Gasteiger partial charge in [0.15, 0.2) is 9.84 Å². The third kappa shape index (κ3) is 2.84. The predicted molar refractivity (Wildman–Crippen MR) is 61.4 cm³/mol. The highest BCUT2D eigenvalue weighted by Gasteiger charge is 2.12. The van der Waals surface area contributed by atoms with E-state index in [0.717, 1.165) is 5.56 Å². The van der Waals surface area contributed by atoms with Gasteiger partial charge in [0.25, 0.3) is 0 Å². The maximum absolute atomic E-state index is 11.6. The summed E-state index contributed by atoms with van der Waals surface area (Å²) in [5, 5.41) is 0. The van der Waals surface area contributed by atoms with Crippen LogP contribution in [0.1, 0.15) is 25.3 Å². The molecule has 0 radical (unpaired) electrons. The molecule has 3 heteroatoms. The Balaban J connectivity index is 3.05. The van der Waals surface area contributed by atoms with Gasteiger partial charge in [-0.3, -0.25) is 0 Å². The second-order valence-corrected chi connectivity index (χ2v) is 5.68. The van der Waals surface area contributed by atoms with Gasteiger partial charge in [-0.1, -0.05) is 31.9 Å². The van der Waals surface area contributed by atoms with Crippen molar-refractivity contribution in [1.29, 1.82) is 0 Å². The number of benzene rings is 1. The molecule has 0 atom stereocenters. The lowest BCUT2D eigenvalue weighted by atomic mass is 10.0. The van der Waals surface area contributed by atoms with Gasteiger partial charge in [-0.05, 0) is 23.6 Å². The van der Waals surface area contributed by atoms with Crippen LogP contribution in [0.4, 0.5) is 0 Å². The van der Waals surface area contributed by atoms with Crippen LogP contribution in [0.5, 0.6) is 0 Å². The molecule has 0 spiro atoms. The quantitative estimate of drug-likeness (QED) is 0.735. The average molecular weight is 222 g/mol. The van der Waals surface area contributed by atoms with Crippen molar-refractivity contribution in [1.82, 2.24) is 0 Å². The smallest absolute Gasteiger partial charge is 0.189 e. The summed E-state index contributed by atoms with van der Waals surface area (Å²) < 4.78 is 23.1. The fourth-order valence-corrected chi connectivity index (χ4v) is 2.19. The third-order valence-electron chi connectivity index (χ3n) is 2.18. The van der Waals surface area contributed by atoms with Crippen molar-refractivity contribution in [2.75, 3.05) is 5.75 Å². The van der Waals surface area contributed by atoms with Crippen molar-refractivity contribution in [3.63, 3.8) is 0 Å². The minimum absolute atomic E-state index is 0.242. The van der Waals surface area contributed by atoms with Crippen LogP contribution in [0, 0.1) is 12.3 Å². The van der Waals surface area contributed by atoms with Crippen LogP contribution < -0.4 is 0 Å². The highest BCUT2D eigenvalue weighted by atomic mass is 32.2. The second-order valence-electron chi connectivity index (χ2n) is 3.69. The van der Waals surface area contributed by atoms with E-state index in [2.05, 4.69) is 19.8 Å². The molecule has 0 aliphatic heterocycles. The molecule has 0 N–H and O–H groups in total. The van der Waals surface area contributed by atoms with Crippen LogP contribution in [0.15, 0.2) is 29.2 Å². The lowest BCUT2D eigenvalue weighted by molar-refractivity contribution is 0.599. The monoisotopic (exact) mass is 222 g/mol. The first-order valence-electron chi connectivity index (χ1n) is 4.73. The van der Waals surface area contributed by atoms with E-state index in [9.17, 15) is 8.42 Å². The van der Waals surface area contributed by atoms with E-state index in [1.807, 2.05) is 12.1 Å². The number of hydrogen-bond donors (Lipinski definition) is 0. The molecule has 0 aliphatic carbocycles. The molecule has 0 heterocycles. The molecule has 0 aromatic heterocycles. The molecule has 1 aromatic rings. The molecule has 0 bridgehead atoms. The first-order valence-corrected chi connectivity index (χ1v) is 6.39. The molecule has 0 saturated heterocycles. The summed E-state index contributed by atoms with van der Waals surface area (Å²) in [6, 6.07) is 6.88. The van der Waals surface area contributed by atoms with Gasteiger partial charge < -0.3 is 0 Å². The predicted octanol–water partition coefficient (Wildman–Crippen LogP) is 2.22. The second kappa shape index (κ2) is 4.50. The first kappa shape index (κ1) is 11.8. The zero-order chi connectivity index (χ0) is 11.5. The van der Waals surface area contributed by atoms with Gasteiger partial charge in [-0.25, -0.2) is 8.42 Å². The van der Waals surface area contributed by atoms with E-state index < -0.39 is 9.84 Å². The maximum atomic E-state index is 11.6. The molecule has 2 nitrogen and oxygen atoms in total. The minimum Gasteiger partial charge on any atom is -0.223 e. The minimum atomic E-state index is -3.29. The number of hydrogen-bond acceptors (Lipinski definition) is 2. The summed E-state index contributed by atoms with van der Waals surface area (Å²) in [5.74, 6) is 2.31. The van der Waals surface area contributed by atoms with E-state index >= 15 is 0 Å². The Kier molecular flexibility index (Phi) is 3.54. The van der Waals surface area contributed by atoms with Gasteiger partial charge in [-0.15, -0.1) is 6.42 Å². The van der Waals surface area contributed by atoms with E-state index in [0.29, 0.717) is 10.8 Å². The highest BCUT2D eigenvalue weighted by molar-refractivity contribution is 7.91. The number of sulfone groups is 1. The first-order chi connectivity index (χ1) is 6.97. The number of terminal acetylenes is 1. The Morgan fingerprint density at radius 1 is 1.27 bits per heavy atom. The van der Waals surface area contributed by atoms with Crippen molar-refractivity contribution in [2.24, 2.45) is 0 Å². The van der Waals surface area contributed by atoms with Crippen molar-refractivity contribution in [2.45, 2.75) is 24.7 Å². The topological polar surface area (TPSA) is 34.1 Å². The van der Waals surface area contributed by atoms with Crippen molar-refractivity contribution in [3.8, 4) is 12.3 Å². The standard InChI is InChI=1S/C12H14O2S/c1-4-9-15(13,14)12-7-5-11(6-8-12)10(2)3/h1,5-8,10H,9H2,2-3H3. The summed E-state index contributed by atoms with van der Waals surface area (Å²) >= 11 is 0. The van der Waals surface area contributed by atoms with Gasteiger partial charge in [-0.2, -0.15) is 0 Å². The van der Waals surface area contributed by atoms with Crippen LogP contribution in [0.25, 0.3) is 0 Å². The third-order valence-corrected chi connectivity index (χ3v) is 3.72. The maximum Gasteiger partial charge on any atom is 0.189 e. The van der Waals surface area contributed by atoms with E-state index in [-0.39, 0.29) is 5.75 Å². The van der Waals surface area contributed by atoms with Crippen LogP contribution in [0.2, 0.25) is 0 Å². The lowest BCUT2D eigenvalue weighted by Crippen LogP contribution is -2.04. The van der Waals surface area contributed by atoms with Gasteiger partial charge in [0.1, 0.15) is 5.75 Å². The fraction of sp³-hybridized carbons (Fsp3) is 0.333. The van der Waals surface area contributed by atoms with Gasteiger partial charge in [0.2, 0.25) is 0 Å². The van der Waals surface area contributed by atoms with Crippen molar-refractivity contribution >= 4 is 9.84 Å². The summed E-state index contributed by atoms with van der Waals surface area (Å²) in [4.78, 5) is 0.296. The van der Waals surface area contributed by atoms with Gasteiger partial charge in [0, 0.05) is 0 Å². The molecule has 0 aliphatic rings. The largest absolute Gasteiger partial charge is 0.223 e. The molecular weight excluding hydrogens is 208 g/mol. The summed E-state index contributed by atoms with van der Waals surface area (Å²) in [6.45, 7) is 4.12. The Morgan fingerprint density at radius 2 is 1.80 bits per heavy atom. The SMILES string of the molecule is C#CCS(=O)(=O)c1ccc(C(C)C)cc1. The Morgan fingerprint density at radius 3 is 2.20 bits per heavy atom.